The van der Waals surface area contributed by atoms with Gasteiger partial charge in [0.05, 0.1) is 22.8 Å². The fourth-order valence-corrected chi connectivity index (χ4v) is 10.9. The van der Waals surface area contributed by atoms with Gasteiger partial charge in [0, 0.05) is 86.5 Å². The standard InChI is InChI=1S/C47H55ClN10O7/c1-26(2)57-36-9-6-31(16-30(36)17-38(45(57)64)65-23-40(60)49-5)51-41-35(48)21-50-46(53-41)54-14-12-29(13-15-54)22-56-27(3)19-47(20-28(56)4)24-55(25-47)32-7-8-33-34(18-32)44(63)58(43(33)62)37-10-11-39(59)52-42(37)61/h6-9,16-18,21,26-29,37H,10-15,19-20,22-25H2,1-5H3,(H,49,60)(H,50,51,53)(H,52,59,61)/t27-,28-,37?/m0/s1. The first-order valence-corrected chi connectivity index (χ1v) is 22.9. The number of piperidine rings is 3. The first kappa shape index (κ1) is 44.1. The van der Waals surface area contributed by atoms with Gasteiger partial charge in [0.2, 0.25) is 17.8 Å². The van der Waals surface area contributed by atoms with Crippen LogP contribution in [0.3, 0.4) is 0 Å². The average molecular weight is 907 g/mol. The summed E-state index contributed by atoms with van der Waals surface area (Å²) in [5, 5.41) is 9.25. The van der Waals surface area contributed by atoms with E-state index in [1.165, 1.54) is 7.05 Å². The van der Waals surface area contributed by atoms with E-state index in [1.807, 2.05) is 38.1 Å². The van der Waals surface area contributed by atoms with Crippen molar-refractivity contribution in [1.29, 1.82) is 0 Å². The van der Waals surface area contributed by atoms with Crippen LogP contribution in [-0.4, -0.2) is 118 Å². The summed E-state index contributed by atoms with van der Waals surface area (Å²) >= 11 is 6.64. The molecule has 7 heterocycles. The summed E-state index contributed by atoms with van der Waals surface area (Å²) in [6, 6.07) is 12.4. The van der Waals surface area contributed by atoms with Crippen molar-refractivity contribution in [1.82, 2.24) is 35.0 Å². The summed E-state index contributed by atoms with van der Waals surface area (Å²) in [4.78, 5) is 93.7. The molecule has 5 aliphatic heterocycles. The van der Waals surface area contributed by atoms with Gasteiger partial charge in [0.25, 0.3) is 23.3 Å². The van der Waals surface area contributed by atoms with Crippen LogP contribution in [0.5, 0.6) is 5.75 Å². The summed E-state index contributed by atoms with van der Waals surface area (Å²) in [6.07, 6.45) is 6.02. The third-order valence-corrected chi connectivity index (χ3v) is 14.2. The number of hydrogen-bond donors (Lipinski definition) is 3. The summed E-state index contributed by atoms with van der Waals surface area (Å²) in [6.45, 7) is 12.7. The highest BCUT2D eigenvalue weighted by molar-refractivity contribution is 6.33. The molecule has 0 bridgehead atoms. The van der Waals surface area contributed by atoms with Crippen LogP contribution in [0, 0.1) is 11.3 Å². The number of ether oxygens (including phenoxy) is 1. The molecule has 4 fully saturated rings. The molecule has 5 aliphatic rings. The molecule has 2 aromatic heterocycles. The van der Waals surface area contributed by atoms with E-state index in [2.05, 4.69) is 49.5 Å². The van der Waals surface area contributed by atoms with Gasteiger partial charge < -0.3 is 29.7 Å². The third kappa shape index (κ3) is 8.39. The van der Waals surface area contributed by atoms with Gasteiger partial charge in [-0.15, -0.1) is 0 Å². The quantitative estimate of drug-likeness (QED) is 0.173. The summed E-state index contributed by atoms with van der Waals surface area (Å²) < 4.78 is 7.28. The van der Waals surface area contributed by atoms with Gasteiger partial charge in [0.1, 0.15) is 11.1 Å². The number of likely N-dealkylation sites (tertiary alicyclic amines) is 1. The number of aromatic nitrogens is 3. The molecule has 0 aliphatic carbocycles. The molecule has 3 atom stereocenters. The number of fused-ring (bicyclic) bond motifs is 2. The van der Waals surface area contributed by atoms with E-state index in [-0.39, 0.29) is 48.1 Å². The number of anilines is 4. The lowest BCUT2D eigenvalue weighted by molar-refractivity contribution is -0.136. The number of imide groups is 2. The SMILES string of the molecule is CNC(=O)COc1cc2cc(Nc3nc(N4CCC(CN5[C@@H](C)CC6(C[C@@H]5C)CN(c5ccc7c(c5)C(=O)N(C5CCC(=O)NC5=O)C7=O)C6)CC4)ncc3Cl)ccc2n(C(C)C)c1=O. The second-order valence-corrected chi connectivity index (χ2v) is 19.2. The van der Waals surface area contributed by atoms with Crippen molar-refractivity contribution in [2.24, 2.45) is 11.3 Å². The van der Waals surface area contributed by atoms with Crippen LogP contribution in [0.1, 0.15) is 93.0 Å². The number of nitrogens with one attached hydrogen (secondary N) is 3. The normalized spacial score (nSPS) is 22.4. The van der Waals surface area contributed by atoms with Gasteiger partial charge in [-0.2, -0.15) is 4.98 Å². The van der Waals surface area contributed by atoms with Crippen molar-refractivity contribution in [2.45, 2.75) is 90.4 Å². The molecule has 9 rings (SSSR count). The number of amides is 5. The Bertz CT molecular complexity index is 2640. The smallest absolute Gasteiger partial charge is 0.293 e. The molecule has 0 saturated carbocycles. The van der Waals surface area contributed by atoms with Gasteiger partial charge >= 0.3 is 0 Å². The fraction of sp³-hybridized carbons (Fsp3) is 0.489. The Morgan fingerprint density at radius 3 is 2.35 bits per heavy atom. The largest absolute Gasteiger partial charge is 0.478 e. The number of pyridine rings is 1. The maximum absolute atomic E-state index is 13.5. The molecule has 1 unspecified atom stereocenters. The molecule has 1 spiro atoms. The molecular formula is C47H55ClN10O7. The van der Waals surface area contributed by atoms with Crippen LogP contribution in [0.4, 0.5) is 23.1 Å². The maximum atomic E-state index is 13.5. The monoisotopic (exact) mass is 906 g/mol. The molecule has 5 amide bonds. The van der Waals surface area contributed by atoms with Crippen molar-refractivity contribution in [3.8, 4) is 5.75 Å². The number of rotatable bonds is 11. The average Bonchev–Trinajstić information content (AvgIpc) is 3.51. The third-order valence-electron chi connectivity index (χ3n) is 13.9. The van der Waals surface area contributed by atoms with Gasteiger partial charge in [-0.1, -0.05) is 11.6 Å². The minimum Gasteiger partial charge on any atom is -0.478 e. The number of hydrogen-bond acceptors (Lipinski definition) is 13. The van der Waals surface area contributed by atoms with Crippen molar-refractivity contribution in [2.75, 3.05) is 61.5 Å². The highest BCUT2D eigenvalue weighted by atomic mass is 35.5. The van der Waals surface area contributed by atoms with Gasteiger partial charge in [-0.05, 0) is 108 Å². The molecule has 342 valence electrons. The molecule has 2 aromatic carbocycles. The minimum atomic E-state index is -0.981. The Morgan fingerprint density at radius 2 is 1.66 bits per heavy atom. The van der Waals surface area contributed by atoms with E-state index in [0.717, 1.165) is 79.9 Å². The molecule has 17 nitrogen and oxygen atoms in total. The number of nitrogens with zero attached hydrogens (tertiary/aromatic N) is 7. The lowest BCUT2D eigenvalue weighted by Gasteiger charge is -2.59. The van der Waals surface area contributed by atoms with Gasteiger partial charge in [0.15, 0.2) is 18.2 Å². The Balaban J connectivity index is 0.791. The minimum absolute atomic E-state index is 0.0869. The zero-order valence-electron chi connectivity index (χ0n) is 37.4. The predicted molar refractivity (Wildman–Crippen MR) is 246 cm³/mol. The fourth-order valence-electron chi connectivity index (χ4n) is 10.8. The van der Waals surface area contributed by atoms with Gasteiger partial charge in [-0.25, -0.2) is 4.98 Å². The van der Waals surface area contributed by atoms with Crippen molar-refractivity contribution >= 4 is 75.2 Å². The van der Waals surface area contributed by atoms with E-state index in [1.54, 1.807) is 29.0 Å². The molecule has 65 heavy (non-hydrogen) atoms. The van der Waals surface area contributed by atoms with Crippen molar-refractivity contribution in [3.63, 3.8) is 0 Å². The zero-order chi connectivity index (χ0) is 45.9. The number of benzene rings is 2. The van der Waals surface area contributed by atoms with Crippen LogP contribution in [-0.2, 0) is 14.4 Å². The van der Waals surface area contributed by atoms with Crippen LogP contribution in [0.15, 0.2) is 53.5 Å². The number of halogens is 1. The second kappa shape index (κ2) is 17.4. The van der Waals surface area contributed by atoms with E-state index >= 15 is 0 Å². The number of likely N-dealkylation sites (N-methyl/N-ethyl adjacent to an activating group) is 1. The highest BCUT2D eigenvalue weighted by Gasteiger charge is 2.50. The molecule has 4 saturated heterocycles. The summed E-state index contributed by atoms with van der Waals surface area (Å²) in [7, 11) is 1.51. The summed E-state index contributed by atoms with van der Waals surface area (Å²) in [5.41, 5.74) is 2.82. The first-order chi connectivity index (χ1) is 31.1. The van der Waals surface area contributed by atoms with E-state index in [4.69, 9.17) is 21.3 Å². The Hall–Kier alpha value is -6.07. The molecular weight excluding hydrogens is 852 g/mol. The van der Waals surface area contributed by atoms with Crippen LogP contribution < -0.4 is 36.0 Å². The molecule has 4 aromatic rings. The molecule has 18 heteroatoms. The Labute approximate surface area is 381 Å². The summed E-state index contributed by atoms with van der Waals surface area (Å²) in [5.74, 6) is -0.605. The maximum Gasteiger partial charge on any atom is 0.293 e. The lowest BCUT2D eigenvalue weighted by Crippen LogP contribution is -2.64. The van der Waals surface area contributed by atoms with E-state index < -0.39 is 29.7 Å². The predicted octanol–water partition coefficient (Wildman–Crippen LogP) is 4.89. The van der Waals surface area contributed by atoms with E-state index in [0.29, 0.717) is 51.6 Å². The molecule has 0 radical (unpaired) electrons. The van der Waals surface area contributed by atoms with Crippen molar-refractivity contribution in [3.05, 3.63) is 75.2 Å². The van der Waals surface area contributed by atoms with E-state index in [9.17, 15) is 28.8 Å². The Morgan fingerprint density at radius 1 is 0.938 bits per heavy atom. The number of carbonyl (C=O) groups excluding carboxylic acids is 5. The topological polar surface area (TPSA) is 191 Å². The van der Waals surface area contributed by atoms with Crippen molar-refractivity contribution < 1.29 is 28.7 Å². The Kier molecular flexibility index (Phi) is 11.8. The van der Waals surface area contributed by atoms with Crippen LogP contribution >= 0.6 is 11.6 Å². The van der Waals surface area contributed by atoms with Gasteiger partial charge in [-0.3, -0.25) is 43.9 Å². The first-order valence-electron chi connectivity index (χ1n) is 22.6. The van der Waals surface area contributed by atoms with Crippen LogP contribution in [0.2, 0.25) is 5.02 Å². The molecule has 3 N–H and O–H groups in total. The second-order valence-electron chi connectivity index (χ2n) is 18.8. The zero-order valence-corrected chi connectivity index (χ0v) is 38.1. The number of carbonyl (C=O) groups is 5. The highest BCUT2D eigenvalue weighted by Crippen LogP contribution is 2.47. The van der Waals surface area contributed by atoms with Crippen LogP contribution in [0.25, 0.3) is 10.9 Å². The lowest BCUT2D eigenvalue weighted by atomic mass is 9.67.